The van der Waals surface area contributed by atoms with Crippen molar-refractivity contribution in [3.63, 3.8) is 0 Å². The van der Waals surface area contributed by atoms with Crippen molar-refractivity contribution in [1.29, 1.82) is 0 Å². The Morgan fingerprint density at radius 2 is 2.00 bits per heavy atom. The summed E-state index contributed by atoms with van der Waals surface area (Å²) in [6.07, 6.45) is 0. The lowest BCUT2D eigenvalue weighted by atomic mass is 10.1. The number of carbonyl (C=O) groups excluding carboxylic acids is 1. The largest absolute Gasteiger partial charge is 0.508 e. The molecule has 0 heterocycles. The van der Waals surface area contributed by atoms with E-state index in [0.717, 1.165) is 11.8 Å². The molecule has 0 bridgehead atoms. The van der Waals surface area contributed by atoms with Gasteiger partial charge in [0.05, 0.1) is 11.5 Å². The van der Waals surface area contributed by atoms with Crippen LogP contribution in [0.5, 0.6) is 11.5 Å². The normalized spacial score (nSPS) is 11.3. The predicted molar refractivity (Wildman–Crippen MR) is 87.2 cm³/mol. The van der Waals surface area contributed by atoms with Crippen LogP contribution in [0.25, 0.3) is 0 Å². The van der Waals surface area contributed by atoms with Crippen molar-refractivity contribution in [1.82, 2.24) is 5.43 Å². The van der Waals surface area contributed by atoms with Crippen molar-refractivity contribution >= 4 is 23.4 Å². The van der Waals surface area contributed by atoms with E-state index in [0.29, 0.717) is 16.2 Å². The molecule has 2 rings (SSSR count). The quantitative estimate of drug-likeness (QED) is 0.446. The number of amides is 1. The highest BCUT2D eigenvalue weighted by atomic mass is 32.2. The van der Waals surface area contributed by atoms with Crippen molar-refractivity contribution in [3.8, 4) is 11.5 Å². The maximum Gasteiger partial charge on any atom is 0.250 e. The Morgan fingerprint density at radius 1 is 1.26 bits per heavy atom. The Balaban J connectivity index is 1.94. The highest BCUT2D eigenvalue weighted by Crippen LogP contribution is 2.23. The molecule has 7 heteroatoms. The van der Waals surface area contributed by atoms with Gasteiger partial charge in [-0.25, -0.2) is 9.82 Å². The second kappa shape index (κ2) is 7.64. The number of hydrazone groups is 1. The first-order valence-corrected chi connectivity index (χ1v) is 7.68. The first kappa shape index (κ1) is 16.8. The smallest absolute Gasteiger partial charge is 0.250 e. The fraction of sp³-hybridized carbons (Fsp3) is 0.125. The van der Waals surface area contributed by atoms with Crippen LogP contribution in [0.15, 0.2) is 52.5 Å². The molecule has 0 aliphatic heterocycles. The van der Waals surface area contributed by atoms with Gasteiger partial charge in [0.1, 0.15) is 17.3 Å². The Labute approximate surface area is 136 Å². The van der Waals surface area contributed by atoms with Gasteiger partial charge in [0, 0.05) is 16.5 Å². The molecule has 1 amide bonds. The van der Waals surface area contributed by atoms with E-state index in [1.165, 1.54) is 24.3 Å². The number of halogens is 1. The zero-order valence-electron chi connectivity index (χ0n) is 12.3. The summed E-state index contributed by atoms with van der Waals surface area (Å²) in [4.78, 5) is 12.1. The third-order valence-electron chi connectivity index (χ3n) is 2.91. The summed E-state index contributed by atoms with van der Waals surface area (Å²) in [5, 5.41) is 22.8. The number of hydrogen-bond acceptors (Lipinski definition) is 5. The average molecular weight is 334 g/mol. The summed E-state index contributed by atoms with van der Waals surface area (Å²) in [6.45, 7) is 1.61. The van der Waals surface area contributed by atoms with E-state index in [4.69, 9.17) is 0 Å². The summed E-state index contributed by atoms with van der Waals surface area (Å²) in [7, 11) is 0. The summed E-state index contributed by atoms with van der Waals surface area (Å²) in [5.74, 6) is -0.959. The van der Waals surface area contributed by atoms with E-state index in [1.54, 1.807) is 25.1 Å². The van der Waals surface area contributed by atoms with Crippen molar-refractivity contribution in [2.45, 2.75) is 11.8 Å². The van der Waals surface area contributed by atoms with E-state index < -0.39 is 5.91 Å². The molecule has 2 aromatic carbocycles. The number of nitrogens with zero attached hydrogens (tertiary/aromatic N) is 1. The number of rotatable bonds is 5. The molecule has 0 saturated heterocycles. The minimum absolute atomic E-state index is 0.0132. The molecule has 0 radical (unpaired) electrons. The topological polar surface area (TPSA) is 81.9 Å². The maximum absolute atomic E-state index is 13.4. The molecule has 0 fully saturated rings. The van der Waals surface area contributed by atoms with Crippen molar-refractivity contribution in [2.75, 3.05) is 5.75 Å². The van der Waals surface area contributed by atoms with Crippen molar-refractivity contribution in [2.24, 2.45) is 5.10 Å². The minimum Gasteiger partial charge on any atom is -0.508 e. The van der Waals surface area contributed by atoms with E-state index in [2.05, 4.69) is 10.5 Å². The van der Waals surface area contributed by atoms with Gasteiger partial charge in [0.25, 0.3) is 0 Å². The zero-order valence-corrected chi connectivity index (χ0v) is 13.1. The molecule has 5 nitrogen and oxygen atoms in total. The molecule has 0 atom stereocenters. The molecule has 0 saturated carbocycles. The van der Waals surface area contributed by atoms with Gasteiger partial charge in [-0.2, -0.15) is 5.10 Å². The summed E-state index contributed by atoms with van der Waals surface area (Å²) in [6, 6.07) is 10.3. The van der Waals surface area contributed by atoms with Gasteiger partial charge in [0.15, 0.2) is 0 Å². The fourth-order valence-corrected chi connectivity index (χ4v) is 2.50. The highest BCUT2D eigenvalue weighted by molar-refractivity contribution is 8.00. The third kappa shape index (κ3) is 4.72. The van der Waals surface area contributed by atoms with Gasteiger partial charge in [-0.3, -0.25) is 4.79 Å². The first-order valence-electron chi connectivity index (χ1n) is 6.70. The van der Waals surface area contributed by atoms with Crippen LogP contribution < -0.4 is 5.43 Å². The highest BCUT2D eigenvalue weighted by Gasteiger charge is 2.08. The van der Waals surface area contributed by atoms with E-state index in [1.807, 2.05) is 0 Å². The fourth-order valence-electron chi connectivity index (χ4n) is 1.77. The summed E-state index contributed by atoms with van der Waals surface area (Å²) < 4.78 is 13.4. The molecular weight excluding hydrogens is 319 g/mol. The molecule has 0 spiro atoms. The number of benzene rings is 2. The number of thioether (sulfide) groups is 1. The van der Waals surface area contributed by atoms with Gasteiger partial charge >= 0.3 is 0 Å². The number of carbonyl (C=O) groups is 1. The first-order chi connectivity index (χ1) is 11.0. The van der Waals surface area contributed by atoms with Gasteiger partial charge in [-0.15, -0.1) is 11.8 Å². The van der Waals surface area contributed by atoms with Crippen LogP contribution in [-0.2, 0) is 4.79 Å². The van der Waals surface area contributed by atoms with Gasteiger partial charge in [-0.05, 0) is 31.2 Å². The van der Waals surface area contributed by atoms with Crippen molar-refractivity contribution < 1.29 is 19.4 Å². The minimum atomic E-state index is -0.393. The number of phenols is 2. The molecule has 0 aliphatic carbocycles. The lowest BCUT2D eigenvalue weighted by Crippen LogP contribution is -2.21. The Hall–Kier alpha value is -2.54. The van der Waals surface area contributed by atoms with Crippen LogP contribution in [0, 0.1) is 5.82 Å². The monoisotopic (exact) mass is 334 g/mol. The molecule has 23 heavy (non-hydrogen) atoms. The second-order valence-electron chi connectivity index (χ2n) is 4.65. The van der Waals surface area contributed by atoms with Gasteiger partial charge < -0.3 is 10.2 Å². The number of aromatic hydroxyl groups is 2. The average Bonchev–Trinajstić information content (AvgIpc) is 2.52. The van der Waals surface area contributed by atoms with E-state index in [-0.39, 0.29) is 23.1 Å². The molecule has 0 aliphatic rings. The van der Waals surface area contributed by atoms with Crippen molar-refractivity contribution in [3.05, 3.63) is 53.8 Å². The Morgan fingerprint density at radius 3 is 2.70 bits per heavy atom. The van der Waals surface area contributed by atoms with Crippen LogP contribution in [0.3, 0.4) is 0 Å². The Bertz CT molecular complexity index is 750. The van der Waals surface area contributed by atoms with Crippen LogP contribution in [0.2, 0.25) is 0 Å². The van der Waals surface area contributed by atoms with Gasteiger partial charge in [0.2, 0.25) is 5.91 Å². The standard InChI is InChI=1S/C16H15FN2O3S/c1-10(12-7-6-11(20)8-14(12)21)18-19-16(22)9-23-15-5-3-2-4-13(15)17/h2-8,20-21H,9H2,1H3,(H,19,22)/b18-10+. The summed E-state index contributed by atoms with van der Waals surface area (Å²) >= 11 is 1.07. The summed E-state index contributed by atoms with van der Waals surface area (Å²) in [5.41, 5.74) is 3.12. The SMILES string of the molecule is C/C(=N\NC(=O)CSc1ccccc1F)c1ccc(O)cc1O. The number of nitrogens with one attached hydrogen (secondary N) is 1. The third-order valence-corrected chi connectivity index (χ3v) is 3.96. The number of hydrogen-bond donors (Lipinski definition) is 3. The Kier molecular flexibility index (Phi) is 5.59. The van der Waals surface area contributed by atoms with Crippen LogP contribution in [-0.4, -0.2) is 27.6 Å². The van der Waals surface area contributed by atoms with Crippen LogP contribution >= 0.6 is 11.8 Å². The molecule has 120 valence electrons. The molecular formula is C16H15FN2O3S. The lowest BCUT2D eigenvalue weighted by Gasteiger charge is -2.06. The van der Waals surface area contributed by atoms with Crippen LogP contribution in [0.4, 0.5) is 4.39 Å². The maximum atomic E-state index is 13.4. The molecule has 0 aromatic heterocycles. The lowest BCUT2D eigenvalue weighted by molar-refractivity contribution is -0.118. The second-order valence-corrected chi connectivity index (χ2v) is 5.67. The van der Waals surface area contributed by atoms with Gasteiger partial charge in [-0.1, -0.05) is 12.1 Å². The van der Waals surface area contributed by atoms with E-state index in [9.17, 15) is 19.4 Å². The molecule has 3 N–H and O–H groups in total. The predicted octanol–water partition coefficient (Wildman–Crippen LogP) is 2.87. The van der Waals surface area contributed by atoms with Crippen LogP contribution in [0.1, 0.15) is 12.5 Å². The molecule has 2 aromatic rings. The van der Waals surface area contributed by atoms with E-state index >= 15 is 0 Å². The molecule has 0 unspecified atom stereocenters. The number of phenolic OH excluding ortho intramolecular Hbond substituents is 2. The zero-order chi connectivity index (χ0) is 16.8.